The number of carbonyl (C=O) groups excluding carboxylic acids is 2. The van der Waals surface area contributed by atoms with E-state index in [0.717, 1.165) is 0 Å². The van der Waals surface area contributed by atoms with Crippen LogP contribution in [0.15, 0.2) is 0 Å². The molecule has 1 heterocycles. The van der Waals surface area contributed by atoms with Crippen molar-refractivity contribution in [2.45, 2.75) is 38.6 Å². The molecule has 0 bridgehead atoms. The second-order valence-corrected chi connectivity index (χ2v) is 5.74. The summed E-state index contributed by atoms with van der Waals surface area (Å²) in [4.78, 5) is 24.2. The van der Waals surface area contributed by atoms with Gasteiger partial charge in [0.25, 0.3) is 0 Å². The summed E-state index contributed by atoms with van der Waals surface area (Å²) in [5, 5.41) is 4.75. The van der Waals surface area contributed by atoms with Crippen molar-refractivity contribution in [2.24, 2.45) is 0 Å². The Bertz CT molecular complexity index is 393. The summed E-state index contributed by atoms with van der Waals surface area (Å²) < 4.78 is 41.7. The molecule has 0 radical (unpaired) electrons. The van der Waals surface area contributed by atoms with Crippen LogP contribution in [0.3, 0.4) is 0 Å². The fourth-order valence-corrected chi connectivity index (χ4v) is 1.81. The molecule has 1 rings (SSSR count). The van der Waals surface area contributed by atoms with Gasteiger partial charge >= 0.3 is 18.2 Å². The standard InChI is InChI=1S/C12H20F3N3O3/c1-11(2,3)21-10(20)18-5-4-16-6-8(18)7-17-9(19)12(13,14)15/h8,16H,4-7H2,1-3H3,(H,17,19). The van der Waals surface area contributed by atoms with Crippen LogP contribution in [0.25, 0.3) is 0 Å². The zero-order valence-electron chi connectivity index (χ0n) is 12.2. The van der Waals surface area contributed by atoms with Crippen LogP contribution in [0.5, 0.6) is 0 Å². The first-order valence-electron chi connectivity index (χ1n) is 6.56. The van der Waals surface area contributed by atoms with Gasteiger partial charge in [0.1, 0.15) is 5.60 Å². The maximum atomic E-state index is 12.1. The molecule has 0 aromatic carbocycles. The zero-order chi connectivity index (χ0) is 16.3. The van der Waals surface area contributed by atoms with E-state index >= 15 is 0 Å². The Morgan fingerprint density at radius 3 is 2.48 bits per heavy atom. The SMILES string of the molecule is CC(C)(C)OC(=O)N1CCNCC1CNC(=O)C(F)(F)F. The molecule has 0 spiro atoms. The number of carbonyl (C=O) groups is 2. The second kappa shape index (κ2) is 6.50. The maximum Gasteiger partial charge on any atom is 0.471 e. The number of alkyl halides is 3. The average molecular weight is 311 g/mol. The summed E-state index contributed by atoms with van der Waals surface area (Å²) in [5.41, 5.74) is -0.693. The summed E-state index contributed by atoms with van der Waals surface area (Å²) in [6.45, 7) is 5.93. The number of piperazine rings is 1. The quantitative estimate of drug-likeness (QED) is 0.794. The number of rotatable bonds is 2. The number of nitrogens with zero attached hydrogens (tertiary/aromatic N) is 1. The van der Waals surface area contributed by atoms with Crippen molar-refractivity contribution in [2.75, 3.05) is 26.2 Å². The minimum atomic E-state index is -4.93. The normalized spacial score (nSPS) is 20.1. The van der Waals surface area contributed by atoms with Crippen LogP contribution in [0.2, 0.25) is 0 Å². The van der Waals surface area contributed by atoms with E-state index in [1.165, 1.54) is 4.90 Å². The summed E-state index contributed by atoms with van der Waals surface area (Å²) in [6, 6.07) is -0.583. The molecule has 0 aliphatic carbocycles. The molecular formula is C12H20F3N3O3. The van der Waals surface area contributed by atoms with Gasteiger partial charge in [-0.05, 0) is 20.8 Å². The van der Waals surface area contributed by atoms with Crippen molar-refractivity contribution in [1.29, 1.82) is 0 Å². The number of nitrogens with one attached hydrogen (secondary N) is 2. The highest BCUT2D eigenvalue weighted by Crippen LogP contribution is 2.15. The lowest BCUT2D eigenvalue weighted by Crippen LogP contribution is -2.59. The van der Waals surface area contributed by atoms with Gasteiger partial charge in [-0.15, -0.1) is 0 Å². The van der Waals surface area contributed by atoms with Gasteiger partial charge in [-0.1, -0.05) is 0 Å². The lowest BCUT2D eigenvalue weighted by atomic mass is 10.2. The topological polar surface area (TPSA) is 70.7 Å². The predicted molar refractivity (Wildman–Crippen MR) is 68.7 cm³/mol. The van der Waals surface area contributed by atoms with E-state index in [1.807, 2.05) is 0 Å². The van der Waals surface area contributed by atoms with Gasteiger partial charge < -0.3 is 20.3 Å². The van der Waals surface area contributed by atoms with Crippen molar-refractivity contribution in [1.82, 2.24) is 15.5 Å². The summed E-state index contributed by atoms with van der Waals surface area (Å²) in [6.07, 6.45) is -5.53. The molecule has 1 fully saturated rings. The van der Waals surface area contributed by atoms with Crippen LogP contribution in [0, 0.1) is 0 Å². The van der Waals surface area contributed by atoms with Crippen LogP contribution in [-0.2, 0) is 9.53 Å². The van der Waals surface area contributed by atoms with Crippen molar-refractivity contribution in [3.05, 3.63) is 0 Å². The number of ether oxygens (including phenoxy) is 1. The first-order valence-corrected chi connectivity index (χ1v) is 6.56. The van der Waals surface area contributed by atoms with E-state index in [4.69, 9.17) is 4.74 Å². The highest BCUT2D eigenvalue weighted by molar-refractivity contribution is 5.81. The molecule has 0 saturated carbocycles. The van der Waals surface area contributed by atoms with Gasteiger partial charge in [0.2, 0.25) is 0 Å². The summed E-state index contributed by atoms with van der Waals surface area (Å²) >= 11 is 0. The molecule has 21 heavy (non-hydrogen) atoms. The van der Waals surface area contributed by atoms with Gasteiger partial charge in [0.05, 0.1) is 6.04 Å². The molecule has 1 aliphatic heterocycles. The molecule has 9 heteroatoms. The molecule has 2 amide bonds. The Morgan fingerprint density at radius 2 is 1.95 bits per heavy atom. The first kappa shape index (κ1) is 17.5. The molecule has 1 aliphatic rings. The van der Waals surface area contributed by atoms with Crippen molar-refractivity contribution >= 4 is 12.0 Å². The van der Waals surface area contributed by atoms with E-state index in [2.05, 4.69) is 5.32 Å². The maximum absolute atomic E-state index is 12.1. The van der Waals surface area contributed by atoms with E-state index in [0.29, 0.717) is 13.1 Å². The number of halogens is 3. The Hall–Kier alpha value is -1.51. The van der Waals surface area contributed by atoms with Gasteiger partial charge in [0.15, 0.2) is 0 Å². The number of amides is 2. The van der Waals surface area contributed by atoms with Gasteiger partial charge in [-0.2, -0.15) is 13.2 Å². The van der Waals surface area contributed by atoms with Crippen LogP contribution < -0.4 is 10.6 Å². The molecule has 0 aromatic rings. The van der Waals surface area contributed by atoms with Crippen LogP contribution in [0.4, 0.5) is 18.0 Å². The fourth-order valence-electron chi connectivity index (χ4n) is 1.81. The monoisotopic (exact) mass is 311 g/mol. The Balaban J connectivity index is 2.61. The lowest BCUT2D eigenvalue weighted by Gasteiger charge is -2.37. The number of hydrogen-bond donors (Lipinski definition) is 2. The molecule has 1 unspecified atom stereocenters. The van der Waals surface area contributed by atoms with Crippen molar-refractivity contribution in [3.8, 4) is 0 Å². The van der Waals surface area contributed by atoms with Gasteiger partial charge in [-0.3, -0.25) is 4.79 Å². The Kier molecular flexibility index (Phi) is 5.43. The second-order valence-electron chi connectivity index (χ2n) is 5.74. The van der Waals surface area contributed by atoms with Crippen LogP contribution in [0.1, 0.15) is 20.8 Å². The smallest absolute Gasteiger partial charge is 0.444 e. The van der Waals surface area contributed by atoms with Gasteiger partial charge in [0, 0.05) is 26.2 Å². The predicted octanol–water partition coefficient (Wildman–Crippen LogP) is 0.874. The van der Waals surface area contributed by atoms with Crippen molar-refractivity contribution in [3.63, 3.8) is 0 Å². The van der Waals surface area contributed by atoms with E-state index in [-0.39, 0.29) is 13.1 Å². The molecule has 6 nitrogen and oxygen atoms in total. The minimum absolute atomic E-state index is 0.287. The van der Waals surface area contributed by atoms with Crippen LogP contribution >= 0.6 is 0 Å². The van der Waals surface area contributed by atoms with Crippen LogP contribution in [-0.4, -0.2) is 60.9 Å². The largest absolute Gasteiger partial charge is 0.471 e. The highest BCUT2D eigenvalue weighted by atomic mass is 19.4. The minimum Gasteiger partial charge on any atom is -0.444 e. The molecule has 1 atom stereocenters. The summed E-state index contributed by atoms with van der Waals surface area (Å²) in [7, 11) is 0. The molecule has 122 valence electrons. The molecular weight excluding hydrogens is 291 g/mol. The van der Waals surface area contributed by atoms with E-state index in [9.17, 15) is 22.8 Å². The molecule has 2 N–H and O–H groups in total. The third-order valence-corrected chi connectivity index (χ3v) is 2.73. The van der Waals surface area contributed by atoms with Crippen molar-refractivity contribution < 1.29 is 27.5 Å². The van der Waals surface area contributed by atoms with Gasteiger partial charge in [-0.25, -0.2) is 4.79 Å². The Morgan fingerprint density at radius 1 is 1.33 bits per heavy atom. The average Bonchev–Trinajstić information content (AvgIpc) is 2.33. The fraction of sp³-hybridized carbons (Fsp3) is 0.833. The third-order valence-electron chi connectivity index (χ3n) is 2.73. The lowest BCUT2D eigenvalue weighted by molar-refractivity contribution is -0.173. The summed E-state index contributed by atoms with van der Waals surface area (Å²) in [5.74, 6) is -2.02. The van der Waals surface area contributed by atoms with E-state index < -0.39 is 29.8 Å². The third kappa shape index (κ3) is 5.78. The van der Waals surface area contributed by atoms with E-state index in [1.54, 1.807) is 26.1 Å². The first-order chi connectivity index (χ1) is 9.50. The zero-order valence-corrected chi connectivity index (χ0v) is 12.2. The molecule has 0 aromatic heterocycles. The highest BCUT2D eigenvalue weighted by Gasteiger charge is 2.39. The number of hydrogen-bond acceptors (Lipinski definition) is 4. The Labute approximate surface area is 121 Å². The molecule has 1 saturated heterocycles.